The van der Waals surface area contributed by atoms with Crippen LogP contribution >= 0.6 is 0 Å². The van der Waals surface area contributed by atoms with Gasteiger partial charge in [0.25, 0.3) is 0 Å². The molecule has 1 saturated heterocycles. The normalized spacial score (nSPS) is 15.2. The van der Waals surface area contributed by atoms with Gasteiger partial charge in [0.15, 0.2) is 0 Å². The molecule has 1 atom stereocenters. The molecule has 1 aliphatic rings. The van der Waals surface area contributed by atoms with Crippen LogP contribution in [0.1, 0.15) is 40.0 Å². The van der Waals surface area contributed by atoms with E-state index in [1.54, 1.807) is 6.92 Å². The van der Waals surface area contributed by atoms with E-state index in [-0.39, 0.29) is 29.6 Å². The van der Waals surface area contributed by atoms with Crippen LogP contribution in [0.4, 0.5) is 0 Å². The number of allylic oxidation sites excluding steroid dienone is 1. The summed E-state index contributed by atoms with van der Waals surface area (Å²) in [5.41, 5.74) is 0.903. The Balaban J connectivity index is 0.000000531. The number of epoxide rings is 1. The highest BCUT2D eigenvalue weighted by Crippen LogP contribution is 2.09. The molecule has 1 heterocycles. The predicted molar refractivity (Wildman–Crippen MR) is 96.5 cm³/mol. The Hall–Kier alpha value is -2.41. The Morgan fingerprint density at radius 1 is 1.19 bits per heavy atom. The lowest BCUT2D eigenvalue weighted by Crippen LogP contribution is -2.09. The number of carboxylic acid groups (broad SMARTS) is 1. The summed E-state index contributed by atoms with van der Waals surface area (Å²) < 4.78 is 14.5. The number of hydrogen-bond donors (Lipinski definition) is 1. The molecular weight excluding hydrogens is 340 g/mol. The summed E-state index contributed by atoms with van der Waals surface area (Å²) >= 11 is 0. The smallest absolute Gasteiger partial charge is 0.333 e. The van der Waals surface area contributed by atoms with Gasteiger partial charge in [0, 0.05) is 16.7 Å². The van der Waals surface area contributed by atoms with E-state index >= 15 is 0 Å². The summed E-state index contributed by atoms with van der Waals surface area (Å²) in [5, 5.41) is 8.59. The average Bonchev–Trinajstić information content (AvgIpc) is 3.41. The van der Waals surface area contributed by atoms with Gasteiger partial charge in [-0.3, -0.25) is 0 Å². The topological polar surface area (TPSA) is 102 Å². The van der Waals surface area contributed by atoms with E-state index in [0.29, 0.717) is 25.4 Å². The van der Waals surface area contributed by atoms with Gasteiger partial charge < -0.3 is 19.3 Å². The second-order valence-corrected chi connectivity index (χ2v) is 5.82. The fourth-order valence-corrected chi connectivity index (χ4v) is 1.31. The summed E-state index contributed by atoms with van der Waals surface area (Å²) in [6, 6.07) is 0. The van der Waals surface area contributed by atoms with Gasteiger partial charge in [-0.15, -0.1) is 0 Å². The molecule has 0 saturated carbocycles. The lowest BCUT2D eigenvalue weighted by molar-refractivity contribution is -0.140. The third kappa shape index (κ3) is 12.0. The van der Waals surface area contributed by atoms with Crippen LogP contribution in [0, 0.1) is 0 Å². The highest BCUT2D eigenvalue weighted by atomic mass is 16.6. The first kappa shape index (κ1) is 23.6. The fourth-order valence-electron chi connectivity index (χ4n) is 1.31. The van der Waals surface area contributed by atoms with Crippen molar-refractivity contribution in [1.82, 2.24) is 0 Å². The molecule has 0 aliphatic carbocycles. The molecule has 1 N–H and O–H groups in total. The van der Waals surface area contributed by atoms with Crippen LogP contribution in [0.5, 0.6) is 0 Å². The first-order chi connectivity index (χ1) is 12.2. The average molecular weight is 368 g/mol. The first-order valence-electron chi connectivity index (χ1n) is 8.38. The van der Waals surface area contributed by atoms with Gasteiger partial charge in [0.2, 0.25) is 0 Å². The van der Waals surface area contributed by atoms with Crippen LogP contribution in [-0.4, -0.2) is 48.9 Å². The number of hydrogen-bond acceptors (Lipinski definition) is 6. The highest BCUT2D eigenvalue weighted by molar-refractivity contribution is 5.89. The van der Waals surface area contributed by atoms with E-state index in [0.717, 1.165) is 12.8 Å². The SMILES string of the molecule is C=C(C)C(=O)OCC1CO1.C=C(CC=C(C)C(=O)O)C(=O)OCCCC. The minimum Gasteiger partial charge on any atom is -0.478 e. The van der Waals surface area contributed by atoms with E-state index in [4.69, 9.17) is 19.3 Å². The second kappa shape index (κ2) is 12.9. The Morgan fingerprint density at radius 2 is 1.81 bits per heavy atom. The molecule has 146 valence electrons. The maximum Gasteiger partial charge on any atom is 0.333 e. The molecule has 1 unspecified atom stereocenters. The zero-order valence-electron chi connectivity index (χ0n) is 15.7. The van der Waals surface area contributed by atoms with Crippen LogP contribution in [0.15, 0.2) is 36.0 Å². The monoisotopic (exact) mass is 368 g/mol. The Bertz CT molecular complexity index is 556. The van der Waals surface area contributed by atoms with E-state index in [1.807, 2.05) is 6.92 Å². The molecule has 7 nitrogen and oxygen atoms in total. The summed E-state index contributed by atoms with van der Waals surface area (Å²) in [5.74, 6) is -1.79. The summed E-state index contributed by atoms with van der Waals surface area (Å²) in [6.45, 7) is 13.5. The van der Waals surface area contributed by atoms with Crippen LogP contribution in [0.2, 0.25) is 0 Å². The quantitative estimate of drug-likeness (QED) is 0.274. The summed E-state index contributed by atoms with van der Waals surface area (Å²) in [6.07, 6.45) is 3.58. The number of ether oxygens (including phenoxy) is 3. The molecule has 0 aromatic carbocycles. The second-order valence-electron chi connectivity index (χ2n) is 5.82. The minimum atomic E-state index is -0.993. The van der Waals surface area contributed by atoms with Gasteiger partial charge in [-0.25, -0.2) is 14.4 Å². The Morgan fingerprint density at radius 3 is 2.27 bits per heavy atom. The first-order valence-corrected chi connectivity index (χ1v) is 8.38. The fraction of sp³-hybridized carbons (Fsp3) is 0.526. The number of carbonyl (C=O) groups is 3. The van der Waals surface area contributed by atoms with Crippen molar-refractivity contribution in [2.45, 2.75) is 46.1 Å². The Kier molecular flexibility index (Phi) is 11.7. The highest BCUT2D eigenvalue weighted by Gasteiger charge is 2.24. The van der Waals surface area contributed by atoms with Crippen LogP contribution in [0.3, 0.4) is 0 Å². The minimum absolute atomic E-state index is 0.142. The van der Waals surface area contributed by atoms with Gasteiger partial charge in [0.1, 0.15) is 12.7 Å². The Labute approximate surface area is 154 Å². The standard InChI is InChI=1S/C12H18O4.C7H10O3/c1-4-5-8-16-12(15)10(3)7-6-9(2)11(13)14;1-5(2)7(8)10-4-6-3-9-6/h6H,3-5,7-8H2,1-2H3,(H,13,14);6H,1,3-4H2,2H3. The maximum atomic E-state index is 11.3. The lowest BCUT2D eigenvalue weighted by Gasteiger charge is -2.04. The molecule has 1 fully saturated rings. The van der Waals surface area contributed by atoms with Crippen molar-refractivity contribution in [3.8, 4) is 0 Å². The van der Waals surface area contributed by atoms with Gasteiger partial charge in [0.05, 0.1) is 13.2 Å². The van der Waals surface area contributed by atoms with Crippen molar-refractivity contribution < 1.29 is 33.7 Å². The maximum absolute atomic E-state index is 11.3. The number of carbonyl (C=O) groups excluding carboxylic acids is 2. The molecule has 0 radical (unpaired) electrons. The number of esters is 2. The van der Waals surface area contributed by atoms with Gasteiger partial charge in [-0.2, -0.15) is 0 Å². The molecule has 26 heavy (non-hydrogen) atoms. The van der Waals surface area contributed by atoms with Crippen molar-refractivity contribution in [3.05, 3.63) is 36.0 Å². The molecule has 0 spiro atoms. The van der Waals surface area contributed by atoms with Crippen molar-refractivity contribution in [2.75, 3.05) is 19.8 Å². The lowest BCUT2D eigenvalue weighted by atomic mass is 10.1. The van der Waals surface area contributed by atoms with Gasteiger partial charge in [-0.05, 0) is 26.7 Å². The third-order valence-corrected chi connectivity index (χ3v) is 3.16. The van der Waals surface area contributed by atoms with E-state index in [9.17, 15) is 14.4 Å². The van der Waals surface area contributed by atoms with Gasteiger partial charge in [-0.1, -0.05) is 32.6 Å². The van der Waals surface area contributed by atoms with E-state index in [1.165, 1.54) is 13.0 Å². The van der Waals surface area contributed by atoms with E-state index in [2.05, 4.69) is 13.2 Å². The predicted octanol–water partition coefficient (Wildman–Crippen LogP) is 2.81. The zero-order chi connectivity index (χ0) is 20.1. The molecule has 7 heteroatoms. The van der Waals surface area contributed by atoms with Crippen LogP contribution in [-0.2, 0) is 28.6 Å². The van der Waals surface area contributed by atoms with Crippen molar-refractivity contribution >= 4 is 17.9 Å². The zero-order valence-corrected chi connectivity index (χ0v) is 15.7. The largest absolute Gasteiger partial charge is 0.478 e. The van der Waals surface area contributed by atoms with Crippen molar-refractivity contribution in [3.63, 3.8) is 0 Å². The molecule has 1 rings (SSSR count). The van der Waals surface area contributed by atoms with Crippen molar-refractivity contribution in [1.29, 1.82) is 0 Å². The molecule has 0 bridgehead atoms. The molecule has 1 aliphatic heterocycles. The molecule has 0 amide bonds. The third-order valence-electron chi connectivity index (χ3n) is 3.16. The van der Waals surface area contributed by atoms with E-state index < -0.39 is 11.9 Å². The number of aliphatic carboxylic acids is 1. The summed E-state index contributed by atoms with van der Waals surface area (Å²) in [7, 11) is 0. The number of carboxylic acids is 1. The van der Waals surface area contributed by atoms with Crippen molar-refractivity contribution in [2.24, 2.45) is 0 Å². The van der Waals surface area contributed by atoms with Crippen LogP contribution < -0.4 is 0 Å². The summed E-state index contributed by atoms with van der Waals surface area (Å²) in [4.78, 5) is 32.5. The van der Waals surface area contributed by atoms with Gasteiger partial charge >= 0.3 is 17.9 Å². The number of unbranched alkanes of at least 4 members (excludes halogenated alkanes) is 1. The van der Waals surface area contributed by atoms with Crippen LogP contribution in [0.25, 0.3) is 0 Å². The molecule has 0 aromatic rings. The molecular formula is C19H28O7. The number of rotatable bonds is 10. The molecule has 0 aromatic heterocycles.